The van der Waals surface area contributed by atoms with Crippen molar-refractivity contribution in [1.82, 2.24) is 14.8 Å². The van der Waals surface area contributed by atoms with Crippen LogP contribution in [0.1, 0.15) is 0 Å². The van der Waals surface area contributed by atoms with Crippen LogP contribution in [0.15, 0.2) is 89.4 Å². The second kappa shape index (κ2) is 6.42. The third kappa shape index (κ3) is 2.76. The Morgan fingerprint density at radius 1 is 0.625 bits per heavy atom. The van der Waals surface area contributed by atoms with E-state index in [4.69, 9.17) is 0 Å². The second-order valence-electron chi connectivity index (χ2n) is 5.39. The average molecular weight is 376 g/mol. The number of halogens is 1. The Labute approximate surface area is 148 Å². The van der Waals surface area contributed by atoms with Crippen molar-refractivity contribution >= 4 is 15.9 Å². The van der Waals surface area contributed by atoms with Crippen LogP contribution in [-0.4, -0.2) is 14.8 Å². The van der Waals surface area contributed by atoms with E-state index in [1.807, 2.05) is 72.8 Å². The molecule has 24 heavy (non-hydrogen) atoms. The zero-order chi connectivity index (χ0) is 16.4. The van der Waals surface area contributed by atoms with Crippen LogP contribution in [0, 0.1) is 0 Å². The number of aromatic nitrogens is 3. The van der Waals surface area contributed by atoms with E-state index in [1.54, 1.807) is 0 Å². The number of nitrogens with zero attached hydrogens (tertiary/aromatic N) is 3. The van der Waals surface area contributed by atoms with Crippen molar-refractivity contribution in [1.29, 1.82) is 0 Å². The Kier molecular flexibility index (Phi) is 3.97. The molecule has 1 aromatic heterocycles. The molecule has 0 aliphatic carbocycles. The van der Waals surface area contributed by atoms with Gasteiger partial charge in [0.25, 0.3) is 0 Å². The molecule has 0 bridgehead atoms. The summed E-state index contributed by atoms with van der Waals surface area (Å²) in [4.78, 5) is 0. The highest BCUT2D eigenvalue weighted by atomic mass is 79.9. The topological polar surface area (TPSA) is 30.7 Å². The highest BCUT2D eigenvalue weighted by molar-refractivity contribution is 9.10. The maximum absolute atomic E-state index is 4.47. The van der Waals surface area contributed by atoms with Crippen LogP contribution in [0.5, 0.6) is 0 Å². The molecule has 0 aliphatic rings. The van der Waals surface area contributed by atoms with Gasteiger partial charge in [0.15, 0.2) is 11.6 Å². The SMILES string of the molecule is Brc1cccc(-n2c(-c3ccccc3)nnc2-c2ccccc2)c1. The van der Waals surface area contributed by atoms with E-state index < -0.39 is 0 Å². The van der Waals surface area contributed by atoms with Gasteiger partial charge in [-0.3, -0.25) is 4.57 Å². The average Bonchev–Trinajstić information content (AvgIpc) is 3.08. The zero-order valence-corrected chi connectivity index (χ0v) is 14.4. The first-order chi connectivity index (χ1) is 11.8. The van der Waals surface area contributed by atoms with E-state index in [2.05, 4.69) is 42.8 Å². The van der Waals surface area contributed by atoms with Gasteiger partial charge in [0.2, 0.25) is 0 Å². The first kappa shape index (κ1) is 14.8. The number of rotatable bonds is 3. The molecule has 0 saturated heterocycles. The molecule has 0 N–H and O–H groups in total. The summed E-state index contributed by atoms with van der Waals surface area (Å²) in [5, 5.41) is 8.93. The van der Waals surface area contributed by atoms with E-state index in [0.717, 1.165) is 32.9 Å². The highest BCUT2D eigenvalue weighted by Crippen LogP contribution is 2.29. The molecular weight excluding hydrogens is 362 g/mol. The van der Waals surface area contributed by atoms with Crippen molar-refractivity contribution in [2.75, 3.05) is 0 Å². The van der Waals surface area contributed by atoms with Crippen molar-refractivity contribution in [3.05, 3.63) is 89.4 Å². The van der Waals surface area contributed by atoms with Crippen LogP contribution in [-0.2, 0) is 0 Å². The van der Waals surface area contributed by atoms with Gasteiger partial charge in [-0.05, 0) is 18.2 Å². The van der Waals surface area contributed by atoms with Crippen molar-refractivity contribution in [2.24, 2.45) is 0 Å². The van der Waals surface area contributed by atoms with Gasteiger partial charge in [0.05, 0.1) is 5.69 Å². The molecular formula is C20H14BrN3. The molecule has 0 unspecified atom stereocenters. The largest absolute Gasteiger partial charge is 0.275 e. The molecule has 0 saturated carbocycles. The minimum atomic E-state index is 0.826. The van der Waals surface area contributed by atoms with Crippen molar-refractivity contribution in [3.63, 3.8) is 0 Å². The quantitative estimate of drug-likeness (QED) is 0.482. The van der Waals surface area contributed by atoms with E-state index in [1.165, 1.54) is 0 Å². The molecule has 116 valence electrons. The summed E-state index contributed by atoms with van der Waals surface area (Å²) in [6, 6.07) is 28.4. The van der Waals surface area contributed by atoms with Gasteiger partial charge in [-0.15, -0.1) is 10.2 Å². The van der Waals surface area contributed by atoms with Crippen molar-refractivity contribution in [2.45, 2.75) is 0 Å². The maximum Gasteiger partial charge on any atom is 0.168 e. The third-order valence-electron chi connectivity index (χ3n) is 3.79. The third-order valence-corrected chi connectivity index (χ3v) is 4.29. The number of hydrogen-bond acceptors (Lipinski definition) is 2. The van der Waals surface area contributed by atoms with E-state index in [-0.39, 0.29) is 0 Å². The number of hydrogen-bond donors (Lipinski definition) is 0. The Hall–Kier alpha value is -2.72. The lowest BCUT2D eigenvalue weighted by atomic mass is 10.1. The smallest absolute Gasteiger partial charge is 0.168 e. The highest BCUT2D eigenvalue weighted by Gasteiger charge is 2.16. The van der Waals surface area contributed by atoms with Gasteiger partial charge >= 0.3 is 0 Å². The summed E-state index contributed by atoms with van der Waals surface area (Å²) in [5.74, 6) is 1.65. The fraction of sp³-hybridized carbons (Fsp3) is 0. The van der Waals surface area contributed by atoms with Crippen LogP contribution in [0.25, 0.3) is 28.5 Å². The summed E-state index contributed by atoms with van der Waals surface area (Å²) in [7, 11) is 0. The zero-order valence-electron chi connectivity index (χ0n) is 12.8. The van der Waals surface area contributed by atoms with Gasteiger partial charge in [0.1, 0.15) is 0 Å². The monoisotopic (exact) mass is 375 g/mol. The Bertz CT molecular complexity index is 906. The van der Waals surface area contributed by atoms with Gasteiger partial charge in [-0.25, -0.2) is 0 Å². The van der Waals surface area contributed by atoms with E-state index in [0.29, 0.717) is 0 Å². The fourth-order valence-corrected chi connectivity index (χ4v) is 3.08. The van der Waals surface area contributed by atoms with Gasteiger partial charge in [0, 0.05) is 15.6 Å². The summed E-state index contributed by atoms with van der Waals surface area (Å²) in [6.45, 7) is 0. The van der Waals surface area contributed by atoms with E-state index in [9.17, 15) is 0 Å². The van der Waals surface area contributed by atoms with Crippen molar-refractivity contribution < 1.29 is 0 Å². The minimum Gasteiger partial charge on any atom is -0.275 e. The molecule has 0 atom stereocenters. The fourth-order valence-electron chi connectivity index (χ4n) is 2.69. The Balaban J connectivity index is 1.98. The molecule has 0 spiro atoms. The van der Waals surface area contributed by atoms with E-state index >= 15 is 0 Å². The first-order valence-corrected chi connectivity index (χ1v) is 8.44. The Morgan fingerprint density at radius 3 is 1.67 bits per heavy atom. The first-order valence-electron chi connectivity index (χ1n) is 7.65. The molecule has 3 aromatic carbocycles. The van der Waals surface area contributed by atoms with Crippen LogP contribution in [0.2, 0.25) is 0 Å². The summed E-state index contributed by atoms with van der Waals surface area (Å²) < 4.78 is 3.11. The summed E-state index contributed by atoms with van der Waals surface area (Å²) in [6.07, 6.45) is 0. The number of benzene rings is 3. The Morgan fingerprint density at radius 2 is 1.17 bits per heavy atom. The molecule has 4 rings (SSSR count). The molecule has 0 radical (unpaired) electrons. The molecule has 4 heteroatoms. The lowest BCUT2D eigenvalue weighted by Crippen LogP contribution is -2.00. The lowest BCUT2D eigenvalue weighted by Gasteiger charge is -2.11. The maximum atomic E-state index is 4.47. The van der Waals surface area contributed by atoms with Crippen molar-refractivity contribution in [3.8, 4) is 28.5 Å². The molecule has 1 heterocycles. The van der Waals surface area contributed by atoms with Gasteiger partial charge < -0.3 is 0 Å². The molecule has 4 aromatic rings. The van der Waals surface area contributed by atoms with Crippen LogP contribution in [0.3, 0.4) is 0 Å². The van der Waals surface area contributed by atoms with Crippen LogP contribution in [0.4, 0.5) is 0 Å². The predicted molar refractivity (Wildman–Crippen MR) is 99.9 cm³/mol. The van der Waals surface area contributed by atoms with Gasteiger partial charge in [-0.2, -0.15) is 0 Å². The minimum absolute atomic E-state index is 0.826. The van der Waals surface area contributed by atoms with Crippen LogP contribution >= 0.6 is 15.9 Å². The molecule has 0 fully saturated rings. The summed E-state index contributed by atoms with van der Waals surface area (Å²) >= 11 is 3.56. The molecule has 0 amide bonds. The predicted octanol–water partition coefficient (Wildman–Crippen LogP) is 5.36. The molecule has 0 aliphatic heterocycles. The normalized spacial score (nSPS) is 10.7. The standard InChI is InChI=1S/C20H14BrN3/c21-17-12-7-13-18(14-17)24-19(15-8-3-1-4-9-15)22-23-20(24)16-10-5-2-6-11-16/h1-14H. The summed E-state index contributed by atoms with van der Waals surface area (Å²) in [5.41, 5.74) is 3.09. The second-order valence-corrected chi connectivity index (χ2v) is 6.31. The van der Waals surface area contributed by atoms with Crippen LogP contribution < -0.4 is 0 Å². The molecule has 3 nitrogen and oxygen atoms in total. The van der Waals surface area contributed by atoms with Gasteiger partial charge in [-0.1, -0.05) is 82.7 Å². The lowest BCUT2D eigenvalue weighted by molar-refractivity contribution is 1.07.